The minimum absolute atomic E-state index is 0.0230. The van der Waals surface area contributed by atoms with Gasteiger partial charge in [-0.25, -0.2) is 12.8 Å². The highest BCUT2D eigenvalue weighted by Crippen LogP contribution is 2.23. The number of hydrogen-bond acceptors (Lipinski definition) is 4. The van der Waals surface area contributed by atoms with Gasteiger partial charge in [-0.05, 0) is 35.4 Å². The predicted molar refractivity (Wildman–Crippen MR) is 117 cm³/mol. The Labute approximate surface area is 176 Å². The third-order valence-corrected chi connectivity index (χ3v) is 4.62. The number of aromatic nitrogens is 1. The van der Waals surface area contributed by atoms with Crippen molar-refractivity contribution in [2.24, 2.45) is 0 Å². The molecule has 1 aromatic heterocycles. The van der Waals surface area contributed by atoms with Crippen molar-refractivity contribution < 1.29 is 17.6 Å². The number of sulfonamides is 1. The number of carbonyl (C=O) groups is 1. The molecule has 1 amide bonds. The first kappa shape index (κ1) is 23.1. The summed E-state index contributed by atoms with van der Waals surface area (Å²) in [5, 5.41) is 2.63. The first-order chi connectivity index (χ1) is 13.9. The zero-order valence-corrected chi connectivity index (χ0v) is 18.1. The van der Waals surface area contributed by atoms with Crippen LogP contribution in [0.2, 0.25) is 0 Å². The largest absolute Gasteiger partial charge is 0.348 e. The number of benzene rings is 1. The number of amides is 1. The van der Waals surface area contributed by atoms with Crippen LogP contribution in [0.25, 0.3) is 6.08 Å². The zero-order valence-electron chi connectivity index (χ0n) is 17.3. The summed E-state index contributed by atoms with van der Waals surface area (Å²) in [5.41, 5.74) is 1.82. The molecule has 0 bridgehead atoms. The third-order valence-electron chi connectivity index (χ3n) is 4.04. The molecule has 30 heavy (non-hydrogen) atoms. The second-order valence-electron chi connectivity index (χ2n) is 7.80. The van der Waals surface area contributed by atoms with E-state index in [1.54, 1.807) is 12.3 Å². The molecule has 1 aromatic carbocycles. The lowest BCUT2D eigenvalue weighted by atomic mass is 9.91. The quantitative estimate of drug-likeness (QED) is 0.545. The van der Waals surface area contributed by atoms with Gasteiger partial charge in [-0.3, -0.25) is 14.5 Å². The smallest absolute Gasteiger partial charge is 0.244 e. The Morgan fingerprint density at radius 3 is 2.53 bits per heavy atom. The number of rotatable bonds is 6. The molecule has 8 heteroatoms. The molecule has 0 saturated carbocycles. The number of pyridine rings is 1. The Balaban J connectivity index is 2.05. The molecule has 0 aliphatic heterocycles. The Morgan fingerprint density at radius 1 is 1.30 bits per heavy atom. The molecule has 158 valence electrons. The van der Waals surface area contributed by atoms with Crippen molar-refractivity contribution in [3.63, 3.8) is 0 Å². The summed E-state index contributed by atoms with van der Waals surface area (Å²) in [7, 11) is -3.69. The minimum Gasteiger partial charge on any atom is -0.348 e. The van der Waals surface area contributed by atoms with Crippen LogP contribution in [0, 0.1) is 18.2 Å². The van der Waals surface area contributed by atoms with E-state index in [0.29, 0.717) is 5.56 Å². The number of anilines is 1. The first-order valence-corrected chi connectivity index (χ1v) is 11.0. The van der Waals surface area contributed by atoms with Crippen LogP contribution in [-0.2, 0) is 26.8 Å². The van der Waals surface area contributed by atoms with Crippen molar-refractivity contribution in [2.75, 3.05) is 11.0 Å². The number of terminal acetylenes is 1. The average Bonchev–Trinajstić information content (AvgIpc) is 2.65. The number of halogens is 1. The molecule has 0 aliphatic rings. The van der Waals surface area contributed by atoms with Gasteiger partial charge in [0.15, 0.2) is 0 Å². The second kappa shape index (κ2) is 9.09. The fourth-order valence-corrected chi connectivity index (χ4v) is 3.11. The van der Waals surface area contributed by atoms with Crippen molar-refractivity contribution in [3.05, 3.63) is 64.7 Å². The van der Waals surface area contributed by atoms with Crippen LogP contribution in [0.4, 0.5) is 10.1 Å². The van der Waals surface area contributed by atoms with Gasteiger partial charge in [0.25, 0.3) is 0 Å². The molecule has 2 N–H and O–H groups in total. The molecule has 0 atom stereocenters. The molecule has 2 rings (SSSR count). The SMILES string of the molecule is C#Cc1cc(CNC(=O)/C=C/c2ccc(C(C)(C)C)nc2)cc(F)c1NS(C)(=O)=O. The summed E-state index contributed by atoms with van der Waals surface area (Å²) < 4.78 is 39.1. The lowest BCUT2D eigenvalue weighted by Crippen LogP contribution is -2.20. The van der Waals surface area contributed by atoms with Gasteiger partial charge in [0.1, 0.15) is 5.82 Å². The summed E-state index contributed by atoms with van der Waals surface area (Å²) in [6.07, 6.45) is 10.9. The van der Waals surface area contributed by atoms with Gasteiger partial charge >= 0.3 is 0 Å². The fraction of sp³-hybridized carbons (Fsp3) is 0.273. The van der Waals surface area contributed by atoms with Crippen molar-refractivity contribution in [2.45, 2.75) is 32.7 Å². The molecule has 0 radical (unpaired) electrons. The van der Waals surface area contributed by atoms with E-state index in [4.69, 9.17) is 6.42 Å². The van der Waals surface area contributed by atoms with Crippen LogP contribution < -0.4 is 10.0 Å². The van der Waals surface area contributed by atoms with Gasteiger partial charge < -0.3 is 5.32 Å². The highest BCUT2D eigenvalue weighted by Gasteiger charge is 2.15. The van der Waals surface area contributed by atoms with E-state index >= 15 is 0 Å². The van der Waals surface area contributed by atoms with E-state index in [9.17, 15) is 17.6 Å². The zero-order chi connectivity index (χ0) is 22.5. The standard InChI is InChI=1S/C22H24FN3O3S/c1-6-17-11-16(12-18(23)21(17)26-30(5,28)29)14-25-20(27)10-8-15-7-9-19(24-13-15)22(2,3)4/h1,7-13,26H,14H2,2-5H3,(H,25,27)/b10-8+. The van der Waals surface area contributed by atoms with Crippen LogP contribution in [0.1, 0.15) is 43.2 Å². The number of nitrogens with zero attached hydrogens (tertiary/aromatic N) is 1. The maximum Gasteiger partial charge on any atom is 0.244 e. The topological polar surface area (TPSA) is 88.2 Å². The van der Waals surface area contributed by atoms with Crippen molar-refractivity contribution >= 4 is 27.7 Å². The number of nitrogens with one attached hydrogen (secondary N) is 2. The van der Waals surface area contributed by atoms with Crippen LogP contribution in [0.3, 0.4) is 0 Å². The molecule has 6 nitrogen and oxygen atoms in total. The summed E-state index contributed by atoms with van der Waals surface area (Å²) in [4.78, 5) is 16.5. The van der Waals surface area contributed by atoms with Crippen molar-refractivity contribution in [1.29, 1.82) is 0 Å². The van der Waals surface area contributed by atoms with Gasteiger partial charge in [0, 0.05) is 29.9 Å². The molecule has 2 aromatic rings. The Bertz CT molecular complexity index is 1110. The Hall–Kier alpha value is -3.18. The lowest BCUT2D eigenvalue weighted by Gasteiger charge is -2.17. The molecule has 0 unspecified atom stereocenters. The second-order valence-corrected chi connectivity index (χ2v) is 9.55. The van der Waals surface area contributed by atoms with Crippen LogP contribution in [0.5, 0.6) is 0 Å². The maximum absolute atomic E-state index is 14.3. The highest BCUT2D eigenvalue weighted by molar-refractivity contribution is 7.92. The lowest BCUT2D eigenvalue weighted by molar-refractivity contribution is -0.116. The van der Waals surface area contributed by atoms with Gasteiger partial charge in [-0.2, -0.15) is 0 Å². The van der Waals surface area contributed by atoms with Crippen molar-refractivity contribution in [3.8, 4) is 12.3 Å². The monoisotopic (exact) mass is 429 g/mol. The summed E-state index contributed by atoms with van der Waals surface area (Å²) in [6.45, 7) is 6.22. The van der Waals surface area contributed by atoms with Crippen LogP contribution >= 0.6 is 0 Å². The van der Waals surface area contributed by atoms with E-state index in [2.05, 4.69) is 41.7 Å². The average molecular weight is 430 g/mol. The predicted octanol–water partition coefficient (Wildman–Crippen LogP) is 3.20. The highest BCUT2D eigenvalue weighted by atomic mass is 32.2. The van der Waals surface area contributed by atoms with Crippen LogP contribution in [-0.4, -0.2) is 25.6 Å². The summed E-state index contributed by atoms with van der Waals surface area (Å²) >= 11 is 0. The summed E-state index contributed by atoms with van der Waals surface area (Å²) in [5.74, 6) is 1.05. The third kappa shape index (κ3) is 6.71. The van der Waals surface area contributed by atoms with Gasteiger partial charge in [-0.1, -0.05) is 32.8 Å². The minimum atomic E-state index is -3.69. The van der Waals surface area contributed by atoms with Gasteiger partial charge in [-0.15, -0.1) is 6.42 Å². The Kier molecular flexibility index (Phi) is 7.00. The molecule has 0 saturated heterocycles. The summed E-state index contributed by atoms with van der Waals surface area (Å²) in [6, 6.07) is 6.34. The van der Waals surface area contributed by atoms with E-state index < -0.39 is 15.8 Å². The van der Waals surface area contributed by atoms with E-state index in [-0.39, 0.29) is 29.1 Å². The number of carbonyl (C=O) groups excluding carboxylic acids is 1. The van der Waals surface area contributed by atoms with E-state index in [1.165, 1.54) is 12.1 Å². The van der Waals surface area contributed by atoms with E-state index in [1.807, 2.05) is 12.1 Å². The molecular weight excluding hydrogens is 405 g/mol. The van der Waals surface area contributed by atoms with E-state index in [0.717, 1.165) is 23.6 Å². The molecule has 0 spiro atoms. The van der Waals surface area contributed by atoms with Crippen LogP contribution in [0.15, 0.2) is 36.5 Å². The fourth-order valence-electron chi connectivity index (χ4n) is 2.54. The Morgan fingerprint density at radius 2 is 2.00 bits per heavy atom. The van der Waals surface area contributed by atoms with Gasteiger partial charge in [0.05, 0.1) is 17.5 Å². The molecule has 1 heterocycles. The normalized spacial score (nSPS) is 11.9. The first-order valence-electron chi connectivity index (χ1n) is 9.08. The van der Waals surface area contributed by atoms with Crippen molar-refractivity contribution in [1.82, 2.24) is 10.3 Å². The molecule has 0 fully saturated rings. The number of hydrogen-bond donors (Lipinski definition) is 2. The molecule has 0 aliphatic carbocycles. The molecular formula is C22H24FN3O3S. The maximum atomic E-state index is 14.3. The van der Waals surface area contributed by atoms with Gasteiger partial charge in [0.2, 0.25) is 15.9 Å².